The van der Waals surface area contributed by atoms with Crippen molar-refractivity contribution in [2.75, 3.05) is 6.26 Å². The van der Waals surface area contributed by atoms with E-state index in [4.69, 9.17) is 20.3 Å². The van der Waals surface area contributed by atoms with Gasteiger partial charge in [-0.05, 0) is 246 Å². The van der Waals surface area contributed by atoms with Gasteiger partial charge in [0.05, 0.1) is 80.4 Å². The summed E-state index contributed by atoms with van der Waals surface area (Å²) >= 11 is 3.49. The predicted octanol–water partition coefficient (Wildman–Crippen LogP) is 22.4. The first-order valence-electron chi connectivity index (χ1n) is 48.8. The van der Waals surface area contributed by atoms with Gasteiger partial charge in [-0.3, -0.25) is 33.1 Å². The molecule has 2 spiro atoms. The summed E-state index contributed by atoms with van der Waals surface area (Å²) in [5, 5.41) is 74.4. The number of carbonyl (C=O) groups is 2. The van der Waals surface area contributed by atoms with Crippen molar-refractivity contribution in [2.24, 2.45) is 10.8 Å². The molecule has 14 aromatic rings. The summed E-state index contributed by atoms with van der Waals surface area (Å²) < 4.78 is 30.2. The van der Waals surface area contributed by atoms with E-state index in [2.05, 4.69) is 153 Å². The van der Waals surface area contributed by atoms with Gasteiger partial charge in [0.15, 0.2) is 11.4 Å². The van der Waals surface area contributed by atoms with Gasteiger partial charge < -0.3 is 36.6 Å². The number of carbonyl (C=O) groups excluding carboxylic acids is 2. The molecule has 6 saturated carbocycles. The van der Waals surface area contributed by atoms with Crippen molar-refractivity contribution in [3.8, 4) is 33.4 Å². The fourth-order valence-corrected chi connectivity index (χ4v) is 26.5. The molecule has 27 heteroatoms. The van der Waals surface area contributed by atoms with Crippen LogP contribution in [0.25, 0.3) is 82.5 Å². The van der Waals surface area contributed by atoms with Gasteiger partial charge in [0.2, 0.25) is 0 Å². The van der Waals surface area contributed by atoms with Crippen LogP contribution < -0.4 is 32.5 Å². The van der Waals surface area contributed by atoms with Gasteiger partial charge in [0, 0.05) is 63.4 Å². The third-order valence-electron chi connectivity index (χ3n) is 28.2. The smallest absolute Gasteiger partial charge is 0.706 e. The van der Waals surface area contributed by atoms with Crippen molar-refractivity contribution in [2.45, 2.75) is 262 Å². The molecule has 730 valence electrons. The molecular weight excluding hydrogens is 1940 g/mol. The van der Waals surface area contributed by atoms with Gasteiger partial charge in [0.1, 0.15) is 0 Å². The number of benzene rings is 10. The maximum absolute atomic E-state index is 13.5. The van der Waals surface area contributed by atoms with Crippen LogP contribution in [0.4, 0.5) is 5.69 Å². The minimum atomic E-state index is -3.67. The maximum atomic E-state index is 13.5. The number of aromatic nitrogens is 8. The number of aliphatic hydroxyl groups is 2. The Morgan fingerprint density at radius 2 is 0.942 bits per heavy atom. The van der Waals surface area contributed by atoms with E-state index < -0.39 is 36.4 Å². The molecule has 0 bridgehead atoms. The average molecular weight is 2070 g/mol. The normalized spacial score (nSPS) is 19.1. The Bertz CT molecular complexity index is 6790. The zero-order valence-electron chi connectivity index (χ0n) is 81.3. The molecule has 0 aliphatic heterocycles. The average Bonchev–Trinajstić information content (AvgIpc) is 1.10. The zero-order valence-corrected chi connectivity index (χ0v) is 86.3. The summed E-state index contributed by atoms with van der Waals surface area (Å²) in [6.07, 6.45) is 23.2. The Morgan fingerprint density at radius 3 is 1.37 bits per heavy atom. The fraction of sp³-hybridized carbons (Fsp3) is 0.393. The van der Waals surface area contributed by atoms with Crippen molar-refractivity contribution >= 4 is 113 Å². The van der Waals surface area contributed by atoms with Gasteiger partial charge in [-0.15, -0.1) is 41.5 Å². The molecule has 6 aliphatic carbocycles. The molecule has 22 nitrogen and oxygen atoms in total. The van der Waals surface area contributed by atoms with Gasteiger partial charge in [0.25, 0.3) is 33.1 Å². The number of halogens is 1. The fourth-order valence-electron chi connectivity index (χ4n) is 21.8. The number of aromatic amines is 2. The van der Waals surface area contributed by atoms with Crippen LogP contribution in [0.1, 0.15) is 263 Å². The topological polar surface area (TPSA) is 344 Å². The molecule has 6 fully saturated rings. The molecule has 20 rings (SSSR count). The van der Waals surface area contributed by atoms with Crippen molar-refractivity contribution in [3.05, 3.63) is 307 Å². The molecule has 0 unspecified atom stereocenters. The van der Waals surface area contributed by atoms with E-state index in [1.807, 2.05) is 152 Å². The third-order valence-corrected chi connectivity index (χ3v) is 32.6. The van der Waals surface area contributed by atoms with E-state index in [1.54, 1.807) is 94.9 Å². The number of fused-ring (bicyclic) bond motifs is 4. The number of nitrogens with zero attached hydrogens (tertiary/aromatic N) is 6. The number of nitrogens with one attached hydrogen (secondary N) is 5. The standard InChI is InChI=1S/C33H33N5O3.C33H49P.C27H28BrN5O3.C12H9N.C6H7BO2.CH4O3S.Pd/c1-32(2,41)19-38-27-14-21(20-8-4-3-5-9-20)12-13-26(27)29(37-38)31(40)34-23-17-33(18-23)15-22(16-33)28-24-10-6-7-11-25(24)30(39)36-35-28;1-23(2)26-21-30(24(3)4)33(31(22-26)25(5)6)29-19-13-14-20-32(29)34(27-15-9-7-10-16-27)28-17-11-8-12-18-28;1-26(2,36)14-33-21-9-16(28)7-8-20(21)23(32-33)25(35)29-17-12-27(13-17)10-15(11-27)22-18-5-3-4-6-19(18)24(34)31-30-22;13-12-9-5-4-8-11(12)10-6-2-1-3-7-10;8-7(9)6-4-2-1-3-5-6;1-5(2,3)4;/h3-14,22-23,41H,15-19H2,1-2H3,(H,34,40)(H,36,39);13-14,19-25,27-28H,7-12,15-18H2,1-6H3;3-9,15,17,36H,10-14H2,1-2H3,(H,29,35)(H,31,34);1-6,8-9,13H;1-5,8-9H;1H3,(H,2,3,4);/q;;;-2;;;+2/p+1. The van der Waals surface area contributed by atoms with E-state index in [0.717, 1.165) is 133 Å². The minimum absolute atomic E-state index is 0. The summed E-state index contributed by atoms with van der Waals surface area (Å²) in [4.78, 5) is 51.0. The largest absolute Gasteiger partial charge is 2.00 e. The molecule has 6 aliphatic rings. The number of H-pyrrole nitrogens is 2. The first-order chi connectivity index (χ1) is 65.8. The van der Waals surface area contributed by atoms with Crippen LogP contribution in [0.3, 0.4) is 0 Å². The Kier molecular flexibility index (Phi) is 34.0. The monoisotopic (exact) mass is 2060 g/mol. The molecule has 0 atom stereocenters. The van der Waals surface area contributed by atoms with E-state index in [0.29, 0.717) is 69.2 Å². The molecule has 2 amide bonds. The maximum Gasteiger partial charge on any atom is 2.00 e. The molecule has 10 aromatic carbocycles. The number of rotatable bonds is 20. The summed E-state index contributed by atoms with van der Waals surface area (Å²) in [7, 11) is -5.62. The molecule has 139 heavy (non-hydrogen) atoms. The second-order valence-electron chi connectivity index (χ2n) is 41.3. The molecule has 10 N–H and O–H groups in total. The molecule has 0 saturated heterocycles. The van der Waals surface area contributed by atoms with Crippen LogP contribution in [-0.2, 0) is 43.6 Å². The van der Waals surface area contributed by atoms with Crippen LogP contribution in [0.2, 0.25) is 0 Å². The Morgan fingerprint density at radius 1 is 0.525 bits per heavy atom. The molecule has 0 radical (unpaired) electrons. The first-order valence-corrected chi connectivity index (χ1v) is 53.1. The van der Waals surface area contributed by atoms with Gasteiger partial charge in [-0.2, -0.15) is 34.5 Å². The van der Waals surface area contributed by atoms with E-state index in [1.165, 1.54) is 69.8 Å². The van der Waals surface area contributed by atoms with Crippen LogP contribution in [0.5, 0.6) is 0 Å². The van der Waals surface area contributed by atoms with E-state index >= 15 is 0 Å². The Hall–Kier alpha value is -10.5. The zero-order chi connectivity index (χ0) is 98.1. The number of amides is 2. The first kappa shape index (κ1) is 104. The minimum Gasteiger partial charge on any atom is -0.706 e. The quantitative estimate of drug-likeness (QED) is 0.0148. The summed E-state index contributed by atoms with van der Waals surface area (Å²) in [5.41, 5.74) is 25.2. The van der Waals surface area contributed by atoms with Gasteiger partial charge >= 0.3 is 27.5 Å². The summed E-state index contributed by atoms with van der Waals surface area (Å²) in [6, 6.07) is 79.2. The third kappa shape index (κ3) is 25.7. The van der Waals surface area contributed by atoms with Crippen molar-refractivity contribution in [1.29, 1.82) is 0 Å². The Balaban J connectivity index is 0.000000146. The van der Waals surface area contributed by atoms with Crippen LogP contribution in [0, 0.1) is 16.9 Å². The second-order valence-corrected chi connectivity index (χ2v) is 46.7. The molecule has 4 heterocycles. The molecular formula is C112H131BBrN11O11PPdS+. The summed E-state index contributed by atoms with van der Waals surface area (Å²) in [6.45, 7) is 21.8. The number of hydrogen-bond donors (Lipinski definition) is 9. The SMILES string of the molecule is CC(C)(O)Cn1nc(C(=O)NC2CC3(C2)CC(c2n[nH]c(=O)c4ccccc24)C3)c2ccc(-c3ccccc3)cc21.CC(C)(O)Cn1nc(C(=O)NC2CC3(C2)CC(c2n[nH]c(=O)c4ccccc24)C3)c2ccc(Br)cc21.CC(C)c1cc(C(C)C)c(-c2ccccc2[PH+](C2CCCCC2)C2CCCCC2)c(C(C)C)c1.CS(=O)(=O)O.OB(O)c1ccccc1.[NH-]c1ccccc1-c1[c-]cccc1.[Pd+2]. The second kappa shape index (κ2) is 45.2. The van der Waals surface area contributed by atoms with Crippen molar-refractivity contribution in [1.82, 2.24) is 50.6 Å². The van der Waals surface area contributed by atoms with E-state index in [9.17, 15) is 37.8 Å². The van der Waals surface area contributed by atoms with Crippen molar-refractivity contribution < 1.29 is 63.2 Å². The van der Waals surface area contributed by atoms with Crippen LogP contribution in [0.15, 0.2) is 245 Å². The number of hydrogen-bond acceptors (Lipinski definition) is 14. The Labute approximate surface area is 839 Å². The van der Waals surface area contributed by atoms with Crippen molar-refractivity contribution in [3.63, 3.8) is 0 Å². The predicted molar refractivity (Wildman–Crippen MR) is 564 cm³/mol. The summed E-state index contributed by atoms with van der Waals surface area (Å²) in [5.74, 6) is 1.93. The van der Waals surface area contributed by atoms with Crippen LogP contribution in [-0.4, -0.2) is 133 Å². The van der Waals surface area contributed by atoms with Gasteiger partial charge in [-0.1, -0.05) is 228 Å². The van der Waals surface area contributed by atoms with Gasteiger partial charge in [-0.25, -0.2) is 10.2 Å². The van der Waals surface area contributed by atoms with E-state index in [-0.39, 0.29) is 79.4 Å². The van der Waals surface area contributed by atoms with Crippen LogP contribution >= 0.6 is 23.9 Å². The molecule has 4 aromatic heterocycles.